The molecule has 0 saturated heterocycles. The second-order valence-corrected chi connectivity index (χ2v) is 5.68. The smallest absolute Gasteiger partial charge is 0.341 e. The molecule has 0 aliphatic heterocycles. The molecule has 0 aromatic carbocycles. The van der Waals surface area contributed by atoms with E-state index in [9.17, 15) is 9.59 Å². The topological polar surface area (TPSA) is 69.2 Å². The monoisotopic (exact) mass is 414 g/mol. The van der Waals surface area contributed by atoms with Gasteiger partial charge in [-0.3, -0.25) is 4.79 Å². The van der Waals surface area contributed by atoms with Crippen LogP contribution in [0.5, 0.6) is 0 Å². The van der Waals surface area contributed by atoms with Gasteiger partial charge in [-0.1, -0.05) is 46.4 Å². The summed E-state index contributed by atoms with van der Waals surface area (Å²) in [7, 11) is 1.26. The average Bonchev–Trinajstić information content (AvgIpc) is 2.51. The first-order valence-corrected chi connectivity index (χ1v) is 7.55. The largest absolute Gasteiger partial charge is 0.465 e. The van der Waals surface area contributed by atoms with Gasteiger partial charge in [-0.25, -0.2) is 14.8 Å². The third-order valence-corrected chi connectivity index (χ3v) is 3.45. The molecule has 0 aliphatic carbocycles. The highest BCUT2D eigenvalue weighted by Crippen LogP contribution is 2.19. The molecular formula is C13H7Cl5N2O3. The zero-order chi connectivity index (χ0) is 17.6. The fraction of sp³-hybridized carbons (Fsp3) is 0.0769. The fourth-order valence-corrected chi connectivity index (χ4v) is 2.11. The van der Waals surface area contributed by atoms with Crippen molar-refractivity contribution in [3.8, 4) is 0 Å². The van der Waals surface area contributed by atoms with E-state index in [1.807, 2.05) is 0 Å². The van der Waals surface area contributed by atoms with Crippen LogP contribution in [-0.2, 0) is 4.74 Å². The van der Waals surface area contributed by atoms with Gasteiger partial charge in [-0.2, -0.15) is 0 Å². The minimum Gasteiger partial charge on any atom is -0.465 e. The first kappa shape index (κ1) is 19.9. The Morgan fingerprint density at radius 2 is 1.35 bits per heavy atom. The molecule has 0 fully saturated rings. The Morgan fingerprint density at radius 1 is 0.913 bits per heavy atom. The summed E-state index contributed by atoms with van der Waals surface area (Å²) in [6.07, 6.45) is 2.70. The zero-order valence-corrected chi connectivity index (χ0v) is 15.1. The van der Waals surface area contributed by atoms with Crippen LogP contribution in [0.3, 0.4) is 0 Å². The summed E-state index contributed by atoms with van der Waals surface area (Å²) in [6.45, 7) is 0. The highest BCUT2D eigenvalue weighted by molar-refractivity contribution is 6.68. The lowest BCUT2D eigenvalue weighted by Crippen LogP contribution is -2.02. The third-order valence-electron chi connectivity index (χ3n) is 2.23. The number of halogens is 5. The number of nitrogens with zero attached hydrogens (tertiary/aromatic N) is 2. The summed E-state index contributed by atoms with van der Waals surface area (Å²) in [5, 5.41) is 0.170. The number of esters is 1. The number of ether oxygens (including phenoxy) is 1. The summed E-state index contributed by atoms with van der Waals surface area (Å²) in [4.78, 5) is 28.9. The molecule has 0 amide bonds. The van der Waals surface area contributed by atoms with Gasteiger partial charge in [0.05, 0.1) is 28.3 Å². The van der Waals surface area contributed by atoms with E-state index in [1.165, 1.54) is 31.6 Å². The van der Waals surface area contributed by atoms with Gasteiger partial charge in [0.25, 0.3) is 5.24 Å². The number of methoxy groups -OCH3 is 1. The molecule has 122 valence electrons. The Morgan fingerprint density at radius 3 is 1.74 bits per heavy atom. The number of aromatic nitrogens is 2. The van der Waals surface area contributed by atoms with E-state index in [1.54, 1.807) is 0 Å². The van der Waals surface area contributed by atoms with E-state index >= 15 is 0 Å². The van der Waals surface area contributed by atoms with Gasteiger partial charge in [-0.15, -0.1) is 0 Å². The molecule has 0 unspecified atom stereocenters. The molecule has 5 nitrogen and oxygen atoms in total. The summed E-state index contributed by atoms with van der Waals surface area (Å²) >= 11 is 27.4. The van der Waals surface area contributed by atoms with E-state index < -0.39 is 11.2 Å². The molecule has 0 radical (unpaired) electrons. The number of carbonyl (C=O) groups is 2. The quantitative estimate of drug-likeness (QED) is 0.394. The van der Waals surface area contributed by atoms with Crippen LogP contribution in [-0.4, -0.2) is 28.3 Å². The highest BCUT2D eigenvalue weighted by Gasteiger charge is 2.11. The highest BCUT2D eigenvalue weighted by atomic mass is 35.5. The van der Waals surface area contributed by atoms with Crippen molar-refractivity contribution in [2.75, 3.05) is 7.11 Å². The molecule has 0 saturated carbocycles. The average molecular weight is 416 g/mol. The Bertz CT molecular complexity index is 740. The maximum absolute atomic E-state index is 11.0. The minimum atomic E-state index is -0.662. The van der Waals surface area contributed by atoms with Crippen LogP contribution >= 0.6 is 58.0 Å². The molecule has 0 N–H and O–H groups in total. The van der Waals surface area contributed by atoms with E-state index in [-0.39, 0.29) is 21.4 Å². The number of hydrogen-bond acceptors (Lipinski definition) is 5. The Kier molecular flexibility index (Phi) is 8.02. The first-order chi connectivity index (χ1) is 10.8. The molecule has 2 aromatic heterocycles. The van der Waals surface area contributed by atoms with Crippen molar-refractivity contribution in [3.63, 3.8) is 0 Å². The van der Waals surface area contributed by atoms with Crippen molar-refractivity contribution in [1.82, 2.24) is 9.97 Å². The fourth-order valence-electron chi connectivity index (χ4n) is 1.24. The van der Waals surface area contributed by atoms with Crippen molar-refractivity contribution in [3.05, 3.63) is 56.0 Å². The van der Waals surface area contributed by atoms with Crippen molar-refractivity contribution in [2.45, 2.75) is 0 Å². The predicted octanol–water partition coefficient (Wildman–Crippen LogP) is 4.94. The van der Waals surface area contributed by atoms with Gasteiger partial charge in [0.1, 0.15) is 10.3 Å². The van der Waals surface area contributed by atoms with Crippen LogP contribution in [0.2, 0.25) is 20.4 Å². The van der Waals surface area contributed by atoms with Crippen LogP contribution in [0.1, 0.15) is 20.7 Å². The summed E-state index contributed by atoms with van der Waals surface area (Å²) in [5.74, 6) is -0.546. The van der Waals surface area contributed by atoms with E-state index in [4.69, 9.17) is 58.0 Å². The van der Waals surface area contributed by atoms with Gasteiger partial charge < -0.3 is 4.74 Å². The van der Waals surface area contributed by atoms with E-state index in [0.29, 0.717) is 10.0 Å². The van der Waals surface area contributed by atoms with Gasteiger partial charge in [-0.05, 0) is 23.7 Å². The van der Waals surface area contributed by atoms with Crippen LogP contribution < -0.4 is 0 Å². The molecule has 0 atom stereocenters. The molecule has 10 heteroatoms. The van der Waals surface area contributed by atoms with E-state index in [0.717, 1.165) is 0 Å². The van der Waals surface area contributed by atoms with Crippen LogP contribution in [0.4, 0.5) is 0 Å². The van der Waals surface area contributed by atoms with Crippen molar-refractivity contribution in [1.29, 1.82) is 0 Å². The van der Waals surface area contributed by atoms with Gasteiger partial charge in [0.2, 0.25) is 0 Å². The summed E-state index contributed by atoms with van der Waals surface area (Å²) < 4.78 is 4.45. The normalized spacial score (nSPS) is 9.65. The molecule has 0 spiro atoms. The van der Waals surface area contributed by atoms with Crippen molar-refractivity contribution >= 4 is 69.2 Å². The maximum atomic E-state index is 11.0. The molecule has 0 aliphatic rings. The number of carbonyl (C=O) groups excluding carboxylic acids is 2. The maximum Gasteiger partial charge on any atom is 0.341 e. The molecule has 2 heterocycles. The second kappa shape index (κ2) is 9.25. The third kappa shape index (κ3) is 6.12. The van der Waals surface area contributed by atoms with Gasteiger partial charge in [0.15, 0.2) is 0 Å². The summed E-state index contributed by atoms with van der Waals surface area (Å²) in [6, 6.07) is 2.77. The Hall–Kier alpha value is -1.11. The number of pyridine rings is 2. The van der Waals surface area contributed by atoms with Crippen molar-refractivity contribution < 1.29 is 14.3 Å². The molecule has 2 rings (SSSR count). The lowest BCUT2D eigenvalue weighted by molar-refractivity contribution is 0.0600. The Balaban J connectivity index is 0.000000231. The lowest BCUT2D eigenvalue weighted by atomic mass is 10.3. The van der Waals surface area contributed by atoms with Crippen LogP contribution in [0, 0.1) is 0 Å². The molecule has 23 heavy (non-hydrogen) atoms. The van der Waals surface area contributed by atoms with Gasteiger partial charge >= 0.3 is 5.97 Å². The number of hydrogen-bond donors (Lipinski definition) is 0. The minimum absolute atomic E-state index is 0.0643. The molecular weight excluding hydrogens is 409 g/mol. The lowest BCUT2D eigenvalue weighted by Gasteiger charge is -2.00. The van der Waals surface area contributed by atoms with E-state index in [2.05, 4.69) is 14.7 Å². The van der Waals surface area contributed by atoms with Crippen molar-refractivity contribution in [2.24, 2.45) is 0 Å². The summed E-state index contributed by atoms with van der Waals surface area (Å²) in [5.41, 5.74) is 0.299. The molecule has 2 aromatic rings. The molecule has 0 bridgehead atoms. The second-order valence-electron chi connectivity index (χ2n) is 3.75. The Labute approximate surface area is 156 Å². The predicted molar refractivity (Wildman–Crippen MR) is 90.0 cm³/mol. The first-order valence-electron chi connectivity index (χ1n) is 5.66. The van der Waals surface area contributed by atoms with Crippen LogP contribution in [0.15, 0.2) is 24.5 Å². The SMILES string of the molecule is COC(=O)c1cc(Cl)cnc1Cl.O=C(Cl)c1cc(Cl)cnc1Cl. The number of rotatable bonds is 2. The zero-order valence-electron chi connectivity index (χ0n) is 11.3. The standard InChI is InChI=1S/C7H5Cl2NO2.C6H2Cl3NO/c1-12-7(11)5-2-4(8)3-10-6(5)9;7-3-1-4(6(9)11)5(8)10-2-3/h2-3H,1H3;1-2H. The van der Waals surface area contributed by atoms with Gasteiger partial charge in [0, 0.05) is 12.4 Å². The van der Waals surface area contributed by atoms with Crippen LogP contribution in [0.25, 0.3) is 0 Å².